The van der Waals surface area contributed by atoms with Crippen LogP contribution in [0.15, 0.2) is 0 Å². The number of hydrogen-bond donors (Lipinski definition) is 6. The van der Waals surface area contributed by atoms with Gasteiger partial charge in [-0.2, -0.15) is 0 Å². The summed E-state index contributed by atoms with van der Waals surface area (Å²) in [5.74, 6) is -0.588. The molecule has 4 saturated carbocycles. The van der Waals surface area contributed by atoms with Crippen molar-refractivity contribution >= 4 is 11.8 Å². The topological polar surface area (TPSA) is 183 Å². The molecule has 4 aliphatic carbocycles. The Hall–Kier alpha value is -1.18. The number of ether oxygens (including phenoxy) is 3. The number of aliphatic hydroxyl groups is 6. The van der Waals surface area contributed by atoms with Gasteiger partial charge in [-0.3, -0.25) is 4.79 Å². The molecule has 1 aliphatic heterocycles. The fourth-order valence-corrected chi connectivity index (χ4v) is 9.35. The lowest BCUT2D eigenvalue weighted by molar-refractivity contribution is -0.309. The Balaban J connectivity index is 1.30. The first-order valence-electron chi connectivity index (χ1n) is 14.3. The van der Waals surface area contributed by atoms with Gasteiger partial charge in [0.25, 0.3) is 0 Å². The first kappa shape index (κ1) is 29.3. The molecular weight excluding hydrogens is 512 g/mol. The number of methoxy groups -OCH3 is 1. The van der Waals surface area contributed by atoms with Crippen molar-refractivity contribution in [1.82, 2.24) is 0 Å². The minimum absolute atomic E-state index is 0.0760. The molecule has 0 bridgehead atoms. The van der Waals surface area contributed by atoms with Crippen LogP contribution in [0.2, 0.25) is 0 Å². The molecule has 0 amide bonds. The van der Waals surface area contributed by atoms with Crippen LogP contribution in [0, 0.1) is 34.5 Å². The molecule has 1 saturated heterocycles. The smallest absolute Gasteiger partial charge is 0.337 e. The molecule has 5 rings (SSSR count). The Morgan fingerprint density at radius 2 is 1.79 bits per heavy atom. The van der Waals surface area contributed by atoms with E-state index in [1.54, 1.807) is 0 Å². The van der Waals surface area contributed by atoms with Gasteiger partial charge in [-0.15, -0.1) is 0 Å². The summed E-state index contributed by atoms with van der Waals surface area (Å²) in [6.07, 6.45) is -4.42. The average molecular weight is 557 g/mol. The van der Waals surface area contributed by atoms with Gasteiger partial charge in [-0.25, -0.2) is 4.79 Å². The Kier molecular flexibility index (Phi) is 7.72. The van der Waals surface area contributed by atoms with E-state index in [1.807, 2.05) is 6.92 Å². The molecule has 6 N–H and O–H groups in total. The second-order valence-corrected chi connectivity index (χ2v) is 13.2. The third kappa shape index (κ3) is 4.31. The molecular formula is C28H44O11. The molecule has 0 aromatic heterocycles. The Labute approximate surface area is 228 Å². The van der Waals surface area contributed by atoms with Crippen LogP contribution in [0.5, 0.6) is 0 Å². The van der Waals surface area contributed by atoms with Crippen molar-refractivity contribution in [2.24, 2.45) is 34.5 Å². The second-order valence-electron chi connectivity index (χ2n) is 13.2. The predicted octanol–water partition coefficient (Wildman–Crippen LogP) is -0.342. The van der Waals surface area contributed by atoms with Crippen molar-refractivity contribution in [1.29, 1.82) is 0 Å². The molecule has 5 fully saturated rings. The van der Waals surface area contributed by atoms with Crippen LogP contribution in [-0.4, -0.2) is 105 Å². The maximum atomic E-state index is 13.8. The zero-order valence-electron chi connectivity index (χ0n) is 22.9. The lowest BCUT2D eigenvalue weighted by atomic mass is 9.44. The van der Waals surface area contributed by atoms with E-state index in [2.05, 4.69) is 11.7 Å². The maximum Gasteiger partial charge on any atom is 0.337 e. The summed E-state index contributed by atoms with van der Waals surface area (Å²) in [6, 6.07) is 0. The highest BCUT2D eigenvalue weighted by atomic mass is 16.7. The quantitative estimate of drug-likeness (QED) is 0.192. The standard InChI is InChI=1S/C28H44O11/c1-26-8-6-14(38-25-22(34)20(32)21(33)23(39-25)24(35)37-3)10-13(26)4-5-15-16-7-9-28(36,18(31)12-29)27(16,2)11-17(30)19(15)26/h13-16,18-23,25,29,31-34,36H,4-12H2,1-3H3/t13-,14-,15+,16-,18-,19-,20+,21+,22-,23+,25-,26-,27-,28+/m1/s1. The Morgan fingerprint density at radius 3 is 2.46 bits per heavy atom. The van der Waals surface area contributed by atoms with Crippen molar-refractivity contribution in [3.63, 3.8) is 0 Å². The van der Waals surface area contributed by atoms with Gasteiger partial charge in [0.15, 0.2) is 12.4 Å². The largest absolute Gasteiger partial charge is 0.467 e. The van der Waals surface area contributed by atoms with E-state index in [0.29, 0.717) is 32.1 Å². The summed E-state index contributed by atoms with van der Waals surface area (Å²) >= 11 is 0. The molecule has 0 unspecified atom stereocenters. The fraction of sp³-hybridized carbons (Fsp3) is 0.929. The van der Waals surface area contributed by atoms with Gasteiger partial charge in [0.2, 0.25) is 0 Å². The first-order chi connectivity index (χ1) is 18.3. The van der Waals surface area contributed by atoms with E-state index in [0.717, 1.165) is 20.0 Å². The predicted molar refractivity (Wildman–Crippen MR) is 134 cm³/mol. The molecule has 11 nitrogen and oxygen atoms in total. The number of rotatable bonds is 5. The van der Waals surface area contributed by atoms with Gasteiger partial charge >= 0.3 is 5.97 Å². The van der Waals surface area contributed by atoms with Gasteiger partial charge in [-0.05, 0) is 68.1 Å². The summed E-state index contributed by atoms with van der Waals surface area (Å²) < 4.78 is 16.3. The van der Waals surface area contributed by atoms with Crippen molar-refractivity contribution in [3.05, 3.63) is 0 Å². The zero-order valence-corrected chi connectivity index (χ0v) is 22.9. The van der Waals surface area contributed by atoms with Gasteiger partial charge in [0.05, 0.1) is 25.4 Å². The van der Waals surface area contributed by atoms with Gasteiger partial charge in [0, 0.05) is 17.8 Å². The normalized spacial score (nSPS) is 52.4. The molecule has 222 valence electrons. The molecule has 1 heterocycles. The first-order valence-corrected chi connectivity index (χ1v) is 14.3. The highest BCUT2D eigenvalue weighted by molar-refractivity contribution is 5.84. The average Bonchev–Trinajstić information content (AvgIpc) is 3.18. The number of carbonyl (C=O) groups is 2. The number of aliphatic hydroxyl groups excluding tert-OH is 5. The van der Waals surface area contributed by atoms with E-state index < -0.39 is 60.4 Å². The summed E-state index contributed by atoms with van der Waals surface area (Å²) in [5, 5.41) is 62.5. The third-order valence-corrected chi connectivity index (χ3v) is 11.6. The van der Waals surface area contributed by atoms with Crippen molar-refractivity contribution < 1.29 is 54.4 Å². The highest BCUT2D eigenvalue weighted by Crippen LogP contribution is 2.67. The van der Waals surface area contributed by atoms with Crippen molar-refractivity contribution in [2.45, 2.75) is 114 Å². The summed E-state index contributed by atoms with van der Waals surface area (Å²) in [4.78, 5) is 25.9. The van der Waals surface area contributed by atoms with Gasteiger partial charge in [-0.1, -0.05) is 13.8 Å². The highest BCUT2D eigenvalue weighted by Gasteiger charge is 2.68. The molecule has 14 atom stereocenters. The molecule has 0 radical (unpaired) electrons. The van der Waals surface area contributed by atoms with Crippen LogP contribution in [0.3, 0.4) is 0 Å². The van der Waals surface area contributed by atoms with Crippen LogP contribution in [-0.2, 0) is 23.8 Å². The van der Waals surface area contributed by atoms with E-state index >= 15 is 0 Å². The van der Waals surface area contributed by atoms with Gasteiger partial charge < -0.3 is 44.8 Å². The number of fused-ring (bicyclic) bond motifs is 5. The minimum atomic E-state index is -1.65. The lowest BCUT2D eigenvalue weighted by Gasteiger charge is -2.61. The minimum Gasteiger partial charge on any atom is -0.467 e. The fourth-order valence-electron chi connectivity index (χ4n) is 9.35. The van der Waals surface area contributed by atoms with Crippen LogP contribution in [0.25, 0.3) is 0 Å². The molecule has 0 aromatic rings. The van der Waals surface area contributed by atoms with Crippen LogP contribution in [0.1, 0.15) is 65.2 Å². The van der Waals surface area contributed by atoms with Crippen molar-refractivity contribution in [3.8, 4) is 0 Å². The lowest BCUT2D eigenvalue weighted by Crippen LogP contribution is -2.63. The van der Waals surface area contributed by atoms with Crippen LogP contribution < -0.4 is 0 Å². The van der Waals surface area contributed by atoms with Crippen LogP contribution in [0.4, 0.5) is 0 Å². The summed E-state index contributed by atoms with van der Waals surface area (Å²) in [5.41, 5.74) is -2.54. The van der Waals surface area contributed by atoms with Gasteiger partial charge in [0.1, 0.15) is 30.2 Å². The van der Waals surface area contributed by atoms with Crippen LogP contribution >= 0.6 is 0 Å². The van der Waals surface area contributed by atoms with Crippen molar-refractivity contribution in [2.75, 3.05) is 13.7 Å². The molecule has 5 aliphatic rings. The molecule has 0 spiro atoms. The summed E-state index contributed by atoms with van der Waals surface area (Å²) in [7, 11) is 1.14. The molecule has 11 heteroatoms. The zero-order chi connectivity index (χ0) is 28.5. The maximum absolute atomic E-state index is 13.8. The van der Waals surface area contributed by atoms with E-state index in [4.69, 9.17) is 9.47 Å². The summed E-state index contributed by atoms with van der Waals surface area (Å²) in [6.45, 7) is 3.53. The number of hydrogen-bond acceptors (Lipinski definition) is 11. The van der Waals surface area contributed by atoms with E-state index in [1.165, 1.54) is 0 Å². The van der Waals surface area contributed by atoms with E-state index in [-0.39, 0.29) is 47.4 Å². The molecule has 0 aromatic carbocycles. The number of ketones is 1. The second kappa shape index (κ2) is 10.3. The van der Waals surface area contributed by atoms with E-state index in [9.17, 15) is 40.2 Å². The number of carbonyl (C=O) groups excluding carboxylic acids is 2. The number of esters is 1. The molecule has 39 heavy (non-hydrogen) atoms. The monoisotopic (exact) mass is 556 g/mol. The Bertz CT molecular complexity index is 960. The Morgan fingerprint density at radius 1 is 1.08 bits per heavy atom. The SMILES string of the molecule is COC(=O)[C@H]1O[C@@H](O[C@@H]2CC[C@]3(C)[C@H](CC[C@H]4[C@H]5CC[C@](O)([C@H](O)CO)[C@]5(C)CC(=O)[C@@H]43)C2)[C@H](O)[C@@H](O)[C@@H]1O. The third-order valence-electron chi connectivity index (χ3n) is 11.6. The number of Topliss-reactive ketones (excluding diaryl/α,β-unsaturated/α-hetero) is 1.